The molecule has 0 nitrogen and oxygen atoms in total. The number of hydrogen-bond donors (Lipinski definition) is 0. The third-order valence-electron chi connectivity index (χ3n) is 3.75. The summed E-state index contributed by atoms with van der Waals surface area (Å²) in [7, 11) is 0. The maximum absolute atomic E-state index is 3.52. The van der Waals surface area contributed by atoms with E-state index in [1.54, 1.807) is 0 Å². The van der Waals surface area contributed by atoms with Crippen LogP contribution in [0.1, 0.15) is 28.2 Å². The van der Waals surface area contributed by atoms with Gasteiger partial charge in [-0.15, -0.1) is 0 Å². The van der Waals surface area contributed by atoms with Crippen molar-refractivity contribution in [3.63, 3.8) is 0 Å². The molecule has 3 aromatic rings. The van der Waals surface area contributed by atoms with Crippen LogP contribution in [0.4, 0.5) is 0 Å². The van der Waals surface area contributed by atoms with Crippen LogP contribution in [0, 0.1) is 6.92 Å². The normalized spacial score (nSPS) is 12.1. The Bertz CT molecular complexity index is 652. The van der Waals surface area contributed by atoms with E-state index in [0.717, 1.165) is 4.47 Å². The van der Waals surface area contributed by atoms with Crippen molar-refractivity contribution >= 4 is 15.9 Å². The lowest BCUT2D eigenvalue weighted by Gasteiger charge is -2.19. The van der Waals surface area contributed by atoms with Gasteiger partial charge in [0.15, 0.2) is 0 Å². The Morgan fingerprint density at radius 1 is 0.619 bits per heavy atom. The average Bonchev–Trinajstić information content (AvgIpc) is 2.52. The molecule has 0 radical (unpaired) electrons. The molecule has 0 heterocycles. The molecule has 1 atom stereocenters. The number of benzene rings is 3. The first-order valence-corrected chi connectivity index (χ1v) is 7.90. The van der Waals surface area contributed by atoms with Gasteiger partial charge >= 0.3 is 0 Å². The van der Waals surface area contributed by atoms with Gasteiger partial charge in [-0.1, -0.05) is 88.2 Å². The molecular formula is C20H17Br. The molecule has 0 bridgehead atoms. The standard InChI is InChI=1S/C20H17Br/c1-15-7-9-17(10-8-15)20(16-5-3-2-4-6-16)18-11-13-19(21)14-12-18/h2-14,20H,1H3. The summed E-state index contributed by atoms with van der Waals surface area (Å²) in [6.07, 6.45) is 0. The second kappa shape index (κ2) is 6.28. The molecule has 104 valence electrons. The predicted octanol–water partition coefficient (Wildman–Crippen LogP) is 5.94. The minimum absolute atomic E-state index is 0.278. The Morgan fingerprint density at radius 3 is 1.67 bits per heavy atom. The van der Waals surface area contributed by atoms with Crippen LogP contribution in [-0.2, 0) is 0 Å². The Labute approximate surface area is 134 Å². The molecule has 1 unspecified atom stereocenters. The minimum atomic E-state index is 0.278. The minimum Gasteiger partial charge on any atom is -0.0622 e. The number of hydrogen-bond acceptors (Lipinski definition) is 0. The van der Waals surface area contributed by atoms with Crippen molar-refractivity contribution in [3.05, 3.63) is 106 Å². The molecule has 0 amide bonds. The van der Waals surface area contributed by atoms with Gasteiger partial charge in [0.2, 0.25) is 0 Å². The van der Waals surface area contributed by atoms with E-state index in [1.165, 1.54) is 22.3 Å². The summed E-state index contributed by atoms with van der Waals surface area (Å²) in [5.41, 5.74) is 5.26. The van der Waals surface area contributed by atoms with Crippen LogP contribution >= 0.6 is 15.9 Å². The summed E-state index contributed by atoms with van der Waals surface area (Å²) in [6, 6.07) is 28.1. The van der Waals surface area contributed by atoms with Gasteiger partial charge in [-0.25, -0.2) is 0 Å². The Hall–Kier alpha value is -1.86. The molecule has 0 saturated heterocycles. The molecule has 0 aliphatic carbocycles. The maximum atomic E-state index is 3.52. The van der Waals surface area contributed by atoms with Crippen molar-refractivity contribution < 1.29 is 0 Å². The van der Waals surface area contributed by atoms with E-state index in [2.05, 4.69) is 102 Å². The smallest absolute Gasteiger partial charge is 0.0340 e. The highest BCUT2D eigenvalue weighted by molar-refractivity contribution is 9.10. The zero-order chi connectivity index (χ0) is 14.7. The van der Waals surface area contributed by atoms with Gasteiger partial charge in [0.1, 0.15) is 0 Å². The van der Waals surface area contributed by atoms with E-state index in [-0.39, 0.29) is 5.92 Å². The first kappa shape index (κ1) is 14.1. The maximum Gasteiger partial charge on any atom is 0.0340 e. The number of rotatable bonds is 3. The summed E-state index contributed by atoms with van der Waals surface area (Å²) < 4.78 is 1.11. The van der Waals surface area contributed by atoms with Crippen molar-refractivity contribution in [3.8, 4) is 0 Å². The van der Waals surface area contributed by atoms with E-state index in [1.807, 2.05) is 0 Å². The lowest BCUT2D eigenvalue weighted by molar-refractivity contribution is 0.975. The molecule has 1 heteroatoms. The summed E-state index contributed by atoms with van der Waals surface area (Å²) in [5.74, 6) is 0.278. The lowest BCUT2D eigenvalue weighted by atomic mass is 9.85. The van der Waals surface area contributed by atoms with Crippen LogP contribution in [0.15, 0.2) is 83.3 Å². The Balaban J connectivity index is 2.11. The highest BCUT2D eigenvalue weighted by Crippen LogP contribution is 2.32. The van der Waals surface area contributed by atoms with E-state index in [4.69, 9.17) is 0 Å². The van der Waals surface area contributed by atoms with Crippen molar-refractivity contribution in [2.75, 3.05) is 0 Å². The number of aryl methyl sites for hydroxylation is 1. The third kappa shape index (κ3) is 3.25. The van der Waals surface area contributed by atoms with Gasteiger partial charge in [0.25, 0.3) is 0 Å². The van der Waals surface area contributed by atoms with Gasteiger partial charge in [0.05, 0.1) is 0 Å². The molecule has 0 spiro atoms. The van der Waals surface area contributed by atoms with Gasteiger partial charge in [0, 0.05) is 10.4 Å². The van der Waals surface area contributed by atoms with Crippen LogP contribution < -0.4 is 0 Å². The summed E-state index contributed by atoms with van der Waals surface area (Å²) in [5, 5.41) is 0. The largest absolute Gasteiger partial charge is 0.0622 e. The van der Waals surface area contributed by atoms with Gasteiger partial charge in [-0.2, -0.15) is 0 Å². The van der Waals surface area contributed by atoms with Gasteiger partial charge in [-0.05, 0) is 35.7 Å². The fourth-order valence-corrected chi connectivity index (χ4v) is 2.90. The van der Waals surface area contributed by atoms with Crippen molar-refractivity contribution in [2.24, 2.45) is 0 Å². The predicted molar refractivity (Wildman–Crippen MR) is 92.7 cm³/mol. The van der Waals surface area contributed by atoms with E-state index >= 15 is 0 Å². The van der Waals surface area contributed by atoms with Crippen molar-refractivity contribution in [1.29, 1.82) is 0 Å². The second-order valence-corrected chi connectivity index (χ2v) is 6.22. The zero-order valence-corrected chi connectivity index (χ0v) is 13.5. The monoisotopic (exact) mass is 336 g/mol. The molecule has 21 heavy (non-hydrogen) atoms. The quantitative estimate of drug-likeness (QED) is 0.519. The average molecular weight is 337 g/mol. The number of halogens is 1. The second-order valence-electron chi connectivity index (χ2n) is 5.31. The first-order chi connectivity index (χ1) is 10.2. The SMILES string of the molecule is Cc1ccc(C(c2ccccc2)c2ccc(Br)cc2)cc1. The highest BCUT2D eigenvalue weighted by atomic mass is 79.9. The lowest BCUT2D eigenvalue weighted by Crippen LogP contribution is -2.03. The van der Waals surface area contributed by atoms with Crippen molar-refractivity contribution in [2.45, 2.75) is 12.8 Å². The fraction of sp³-hybridized carbons (Fsp3) is 0.100. The molecule has 0 aromatic heterocycles. The van der Waals surface area contributed by atoms with Gasteiger partial charge in [-0.3, -0.25) is 0 Å². The van der Waals surface area contributed by atoms with Crippen LogP contribution in [0.25, 0.3) is 0 Å². The topological polar surface area (TPSA) is 0 Å². The van der Waals surface area contributed by atoms with Gasteiger partial charge < -0.3 is 0 Å². The summed E-state index contributed by atoms with van der Waals surface area (Å²) in [4.78, 5) is 0. The molecule has 0 aliphatic rings. The molecule has 0 aliphatic heterocycles. The third-order valence-corrected chi connectivity index (χ3v) is 4.28. The molecular weight excluding hydrogens is 320 g/mol. The van der Waals surface area contributed by atoms with Crippen LogP contribution in [0.3, 0.4) is 0 Å². The van der Waals surface area contributed by atoms with Crippen LogP contribution in [-0.4, -0.2) is 0 Å². The van der Waals surface area contributed by atoms with E-state index in [9.17, 15) is 0 Å². The molecule has 3 rings (SSSR count). The van der Waals surface area contributed by atoms with Crippen molar-refractivity contribution in [1.82, 2.24) is 0 Å². The fourth-order valence-electron chi connectivity index (χ4n) is 2.64. The Kier molecular flexibility index (Phi) is 4.21. The molecule has 3 aromatic carbocycles. The first-order valence-electron chi connectivity index (χ1n) is 7.11. The van der Waals surface area contributed by atoms with E-state index in [0.29, 0.717) is 0 Å². The molecule has 0 saturated carbocycles. The Morgan fingerprint density at radius 2 is 1.10 bits per heavy atom. The molecule has 0 N–H and O–H groups in total. The van der Waals surface area contributed by atoms with E-state index < -0.39 is 0 Å². The zero-order valence-electron chi connectivity index (χ0n) is 12.0. The summed E-state index contributed by atoms with van der Waals surface area (Å²) in [6.45, 7) is 2.13. The summed E-state index contributed by atoms with van der Waals surface area (Å²) >= 11 is 3.52. The molecule has 0 fully saturated rings. The highest BCUT2D eigenvalue weighted by Gasteiger charge is 2.16. The van der Waals surface area contributed by atoms with Crippen LogP contribution in [0.2, 0.25) is 0 Å². The van der Waals surface area contributed by atoms with Crippen LogP contribution in [0.5, 0.6) is 0 Å².